The van der Waals surface area contributed by atoms with Crippen molar-refractivity contribution in [3.63, 3.8) is 0 Å². The lowest BCUT2D eigenvalue weighted by Crippen LogP contribution is -2.49. The van der Waals surface area contributed by atoms with E-state index < -0.39 is 5.60 Å². The first kappa shape index (κ1) is 20.7. The van der Waals surface area contributed by atoms with Crippen LogP contribution in [-0.2, 0) is 11.3 Å². The number of nitrogens with one attached hydrogen (secondary N) is 1. The van der Waals surface area contributed by atoms with E-state index in [2.05, 4.69) is 41.9 Å². The fourth-order valence-electron chi connectivity index (χ4n) is 3.60. The minimum absolute atomic E-state index is 0.190. The van der Waals surface area contributed by atoms with Crippen LogP contribution in [0.25, 0.3) is 0 Å². The van der Waals surface area contributed by atoms with Gasteiger partial charge in [0.15, 0.2) is 0 Å². The van der Waals surface area contributed by atoms with Crippen LogP contribution in [0.2, 0.25) is 0 Å². The zero-order chi connectivity index (χ0) is 19.5. The van der Waals surface area contributed by atoms with Gasteiger partial charge in [0.1, 0.15) is 5.60 Å². The lowest BCUT2D eigenvalue weighted by Gasteiger charge is -2.32. The summed E-state index contributed by atoms with van der Waals surface area (Å²) in [5.74, 6) is 0.465. The van der Waals surface area contributed by atoms with Crippen molar-refractivity contribution < 1.29 is 9.53 Å². The monoisotopic (exact) mass is 364 g/mol. The molecule has 0 unspecified atom stereocenters. The Morgan fingerprint density at radius 1 is 1.38 bits per heavy atom. The number of carbonyl (C=O) groups excluding carboxylic acids is 1. The van der Waals surface area contributed by atoms with Crippen molar-refractivity contribution in [3.8, 4) is 0 Å². The second kappa shape index (κ2) is 8.42. The number of likely N-dealkylation sites (tertiary alicyclic amines) is 1. The number of aromatic nitrogens is 2. The standard InChI is InChI=1S/C20H36N4O2/c1-14(13-24-16(3)11-15(2)22-24)12-21-17(4)18-9-8-10-23(18)19(25)26-20(5,6)7/h11,14,17-18,21H,8-10,12-13H2,1-7H3/t14-,17+,18+/m1/s1. The van der Waals surface area contributed by atoms with Crippen molar-refractivity contribution in [2.75, 3.05) is 13.1 Å². The van der Waals surface area contributed by atoms with Crippen LogP contribution in [0, 0.1) is 19.8 Å². The van der Waals surface area contributed by atoms with Gasteiger partial charge in [-0.1, -0.05) is 6.92 Å². The van der Waals surface area contributed by atoms with Crippen molar-refractivity contribution in [1.82, 2.24) is 20.0 Å². The van der Waals surface area contributed by atoms with Crippen molar-refractivity contribution in [2.24, 2.45) is 5.92 Å². The number of carbonyl (C=O) groups is 1. The fourth-order valence-corrected chi connectivity index (χ4v) is 3.60. The van der Waals surface area contributed by atoms with Crippen LogP contribution < -0.4 is 5.32 Å². The molecule has 3 atom stereocenters. The molecule has 1 aromatic rings. The highest BCUT2D eigenvalue weighted by Crippen LogP contribution is 2.23. The predicted octanol–water partition coefficient (Wildman–Crippen LogP) is 3.51. The van der Waals surface area contributed by atoms with E-state index >= 15 is 0 Å². The number of amides is 1. The Labute approximate surface area is 158 Å². The highest BCUT2D eigenvalue weighted by molar-refractivity contribution is 5.69. The lowest BCUT2D eigenvalue weighted by molar-refractivity contribution is 0.0200. The van der Waals surface area contributed by atoms with Gasteiger partial charge < -0.3 is 15.0 Å². The van der Waals surface area contributed by atoms with Gasteiger partial charge in [-0.2, -0.15) is 5.10 Å². The Bertz CT molecular complexity index is 605. The van der Waals surface area contributed by atoms with Gasteiger partial charge in [-0.15, -0.1) is 0 Å². The third-order valence-electron chi connectivity index (χ3n) is 4.88. The molecule has 26 heavy (non-hydrogen) atoms. The van der Waals surface area contributed by atoms with Crippen LogP contribution in [0.1, 0.15) is 58.8 Å². The third kappa shape index (κ3) is 5.73. The van der Waals surface area contributed by atoms with Crippen LogP contribution in [-0.4, -0.2) is 51.5 Å². The minimum atomic E-state index is -0.449. The average Bonchev–Trinajstić information content (AvgIpc) is 3.10. The van der Waals surface area contributed by atoms with Crippen LogP contribution >= 0.6 is 0 Å². The summed E-state index contributed by atoms with van der Waals surface area (Å²) in [5, 5.41) is 8.17. The van der Waals surface area contributed by atoms with Crippen LogP contribution in [0.3, 0.4) is 0 Å². The number of rotatable bonds is 6. The molecule has 6 heteroatoms. The van der Waals surface area contributed by atoms with Gasteiger partial charge in [-0.25, -0.2) is 4.79 Å². The molecule has 1 aromatic heterocycles. The average molecular weight is 365 g/mol. The van der Waals surface area contributed by atoms with E-state index in [9.17, 15) is 4.79 Å². The van der Waals surface area contributed by atoms with Gasteiger partial charge in [0.2, 0.25) is 0 Å². The summed E-state index contributed by atoms with van der Waals surface area (Å²) < 4.78 is 7.65. The molecule has 1 aliphatic rings. The molecule has 0 radical (unpaired) electrons. The molecule has 2 heterocycles. The molecule has 1 amide bonds. The summed E-state index contributed by atoms with van der Waals surface area (Å²) in [6.07, 6.45) is 1.88. The second-order valence-corrected chi connectivity index (χ2v) is 8.79. The molecule has 0 aromatic carbocycles. The van der Waals surface area contributed by atoms with Gasteiger partial charge in [-0.05, 0) is 72.9 Å². The predicted molar refractivity (Wildman–Crippen MR) is 104 cm³/mol. The van der Waals surface area contributed by atoms with Crippen molar-refractivity contribution in [2.45, 2.75) is 85.5 Å². The van der Waals surface area contributed by atoms with Crippen LogP contribution in [0.4, 0.5) is 4.79 Å². The Kier molecular flexibility index (Phi) is 6.72. The lowest BCUT2D eigenvalue weighted by atomic mass is 10.1. The van der Waals surface area contributed by atoms with E-state index in [1.807, 2.05) is 32.6 Å². The quantitative estimate of drug-likeness (QED) is 0.839. The number of ether oxygens (including phenoxy) is 1. The molecule has 6 nitrogen and oxygen atoms in total. The Hall–Kier alpha value is -1.56. The molecule has 0 saturated carbocycles. The Morgan fingerprint density at radius 2 is 2.08 bits per heavy atom. The van der Waals surface area contributed by atoms with Crippen molar-refractivity contribution >= 4 is 6.09 Å². The fraction of sp³-hybridized carbons (Fsp3) is 0.800. The van der Waals surface area contributed by atoms with E-state index in [-0.39, 0.29) is 18.2 Å². The maximum Gasteiger partial charge on any atom is 0.410 e. The number of hydrogen-bond donors (Lipinski definition) is 1. The number of nitrogens with zero attached hydrogens (tertiary/aromatic N) is 3. The van der Waals surface area contributed by atoms with Crippen molar-refractivity contribution in [3.05, 3.63) is 17.5 Å². The second-order valence-electron chi connectivity index (χ2n) is 8.79. The molecule has 1 N–H and O–H groups in total. The highest BCUT2D eigenvalue weighted by Gasteiger charge is 2.35. The SMILES string of the molecule is Cc1cc(C)n(C[C@H](C)CN[C@@H](C)[C@@H]2CCCN2C(=O)OC(C)(C)C)n1. The molecule has 2 rings (SSSR count). The zero-order valence-corrected chi connectivity index (χ0v) is 17.5. The summed E-state index contributed by atoms with van der Waals surface area (Å²) >= 11 is 0. The first-order valence-electron chi connectivity index (χ1n) is 9.81. The van der Waals surface area contributed by atoms with E-state index in [1.165, 1.54) is 5.69 Å². The summed E-state index contributed by atoms with van der Waals surface area (Å²) in [6.45, 7) is 16.9. The van der Waals surface area contributed by atoms with E-state index in [1.54, 1.807) is 0 Å². The van der Waals surface area contributed by atoms with E-state index in [4.69, 9.17) is 4.74 Å². The van der Waals surface area contributed by atoms with Gasteiger partial charge in [0, 0.05) is 24.8 Å². The highest BCUT2D eigenvalue weighted by atomic mass is 16.6. The van der Waals surface area contributed by atoms with Crippen LogP contribution in [0.15, 0.2) is 6.07 Å². The van der Waals surface area contributed by atoms with E-state index in [0.29, 0.717) is 5.92 Å². The van der Waals surface area contributed by atoms with E-state index in [0.717, 1.165) is 38.2 Å². The molecule has 0 spiro atoms. The van der Waals surface area contributed by atoms with Crippen molar-refractivity contribution in [1.29, 1.82) is 0 Å². The first-order chi connectivity index (χ1) is 12.1. The maximum absolute atomic E-state index is 12.5. The number of hydrogen-bond acceptors (Lipinski definition) is 4. The minimum Gasteiger partial charge on any atom is -0.444 e. The summed E-state index contributed by atoms with van der Waals surface area (Å²) in [7, 11) is 0. The topological polar surface area (TPSA) is 59.4 Å². The smallest absolute Gasteiger partial charge is 0.410 e. The first-order valence-corrected chi connectivity index (χ1v) is 9.81. The summed E-state index contributed by atoms with van der Waals surface area (Å²) in [4.78, 5) is 14.4. The molecule has 1 fully saturated rings. The largest absolute Gasteiger partial charge is 0.444 e. The molecule has 0 bridgehead atoms. The normalized spacial score (nSPS) is 20.3. The maximum atomic E-state index is 12.5. The molecule has 1 aliphatic heterocycles. The molecular weight excluding hydrogens is 328 g/mol. The summed E-state index contributed by atoms with van der Waals surface area (Å²) in [6, 6.07) is 2.55. The molecule has 148 valence electrons. The van der Waals surface area contributed by atoms with Gasteiger partial charge in [-0.3, -0.25) is 4.68 Å². The van der Waals surface area contributed by atoms with Crippen LogP contribution in [0.5, 0.6) is 0 Å². The molecular formula is C20H36N4O2. The zero-order valence-electron chi connectivity index (χ0n) is 17.5. The summed E-state index contributed by atoms with van der Waals surface area (Å²) in [5.41, 5.74) is 1.82. The van der Waals surface area contributed by atoms with Gasteiger partial charge in [0.05, 0.1) is 11.7 Å². The van der Waals surface area contributed by atoms with Gasteiger partial charge >= 0.3 is 6.09 Å². The van der Waals surface area contributed by atoms with Gasteiger partial charge in [0.25, 0.3) is 0 Å². The Balaban J connectivity index is 1.85. The Morgan fingerprint density at radius 3 is 2.65 bits per heavy atom. The third-order valence-corrected chi connectivity index (χ3v) is 4.88. The molecule has 1 saturated heterocycles. The number of aryl methyl sites for hydroxylation is 2. The molecule has 0 aliphatic carbocycles.